The topological polar surface area (TPSA) is 114 Å². The fourth-order valence-corrected chi connectivity index (χ4v) is 6.77. The van der Waals surface area contributed by atoms with Gasteiger partial charge in [-0.15, -0.1) is 10.2 Å². The number of aryl methyl sites for hydroxylation is 1. The van der Waals surface area contributed by atoms with E-state index in [-0.39, 0.29) is 22.3 Å². The molecule has 4 aromatic rings. The molecule has 3 aromatic carbocycles. The number of sulfonamides is 1. The van der Waals surface area contributed by atoms with Gasteiger partial charge in [-0.25, -0.2) is 8.42 Å². The highest BCUT2D eigenvalue weighted by Gasteiger charge is 2.22. The summed E-state index contributed by atoms with van der Waals surface area (Å²) < 4.78 is 28.9. The largest absolute Gasteiger partial charge is 0.356 e. The van der Waals surface area contributed by atoms with Crippen LogP contribution in [-0.4, -0.2) is 64.6 Å². The second-order valence-electron chi connectivity index (χ2n) is 9.14. The molecule has 0 radical (unpaired) electrons. The molecule has 0 saturated carbocycles. The van der Waals surface area contributed by atoms with Crippen LogP contribution >= 0.6 is 11.8 Å². The highest BCUT2D eigenvalue weighted by Crippen LogP contribution is 2.29. The number of hydrogen-bond acceptors (Lipinski definition) is 7. The van der Waals surface area contributed by atoms with Gasteiger partial charge in [0.25, 0.3) is 0 Å². The zero-order valence-electron chi connectivity index (χ0n) is 22.8. The molecule has 1 amide bonds. The SMILES string of the molecule is CCN(CC)S(=O)(=O)c1ccc(C(=O)CSc2nnc(CCCNC(C)=O)n2-c2cccc3ccccc23)cc1. The summed E-state index contributed by atoms with van der Waals surface area (Å²) in [6, 6.07) is 20.2. The molecule has 1 aromatic heterocycles. The summed E-state index contributed by atoms with van der Waals surface area (Å²) in [5, 5.41) is 14.3. The molecular weight excluding hydrogens is 546 g/mol. The Morgan fingerprint density at radius 1 is 0.950 bits per heavy atom. The van der Waals surface area contributed by atoms with Crippen molar-refractivity contribution in [1.82, 2.24) is 24.4 Å². The predicted molar refractivity (Wildman–Crippen MR) is 157 cm³/mol. The second kappa shape index (κ2) is 13.2. The van der Waals surface area contributed by atoms with Crippen molar-refractivity contribution in [3.8, 4) is 5.69 Å². The molecule has 0 aliphatic rings. The number of nitrogens with zero attached hydrogens (tertiary/aromatic N) is 4. The van der Waals surface area contributed by atoms with Crippen LogP contribution < -0.4 is 5.32 Å². The van der Waals surface area contributed by atoms with Crippen molar-refractivity contribution >= 4 is 44.2 Å². The molecule has 4 rings (SSSR count). The van der Waals surface area contributed by atoms with E-state index in [1.807, 2.05) is 47.0 Å². The molecule has 0 atom stereocenters. The van der Waals surface area contributed by atoms with E-state index in [1.165, 1.54) is 35.1 Å². The zero-order valence-corrected chi connectivity index (χ0v) is 24.5. The van der Waals surface area contributed by atoms with E-state index in [0.29, 0.717) is 43.2 Å². The number of carbonyl (C=O) groups excluding carboxylic acids is 2. The summed E-state index contributed by atoms with van der Waals surface area (Å²) in [5.74, 6) is 0.625. The third kappa shape index (κ3) is 6.60. The van der Waals surface area contributed by atoms with Crippen LogP contribution in [0.2, 0.25) is 0 Å². The Bertz CT molecular complexity index is 1590. The first kappa shape index (κ1) is 29.4. The number of nitrogens with one attached hydrogen (secondary N) is 1. The third-order valence-electron chi connectivity index (χ3n) is 6.51. The monoisotopic (exact) mass is 579 g/mol. The minimum Gasteiger partial charge on any atom is -0.356 e. The Labute approximate surface area is 239 Å². The van der Waals surface area contributed by atoms with Gasteiger partial charge in [0.1, 0.15) is 5.82 Å². The lowest BCUT2D eigenvalue weighted by atomic mass is 10.1. The summed E-state index contributed by atoms with van der Waals surface area (Å²) in [5.41, 5.74) is 1.34. The van der Waals surface area contributed by atoms with Gasteiger partial charge in [0.2, 0.25) is 15.9 Å². The quantitative estimate of drug-likeness (QED) is 0.141. The maximum Gasteiger partial charge on any atom is 0.243 e. The molecule has 1 heterocycles. The number of hydrogen-bond donors (Lipinski definition) is 1. The van der Waals surface area contributed by atoms with E-state index in [4.69, 9.17) is 0 Å². The minimum atomic E-state index is -3.59. The second-order valence-corrected chi connectivity index (χ2v) is 12.0. The first-order valence-electron chi connectivity index (χ1n) is 13.2. The first-order chi connectivity index (χ1) is 19.3. The molecule has 0 aliphatic heterocycles. The fourth-order valence-electron chi connectivity index (χ4n) is 4.45. The molecule has 0 bridgehead atoms. The van der Waals surface area contributed by atoms with Crippen LogP contribution in [-0.2, 0) is 21.2 Å². The maximum atomic E-state index is 13.1. The Balaban J connectivity index is 1.57. The summed E-state index contributed by atoms with van der Waals surface area (Å²) in [7, 11) is -3.59. The average Bonchev–Trinajstić information content (AvgIpc) is 3.36. The number of benzene rings is 3. The Hall–Kier alpha value is -3.54. The minimum absolute atomic E-state index is 0.0797. The van der Waals surface area contributed by atoms with Crippen molar-refractivity contribution in [2.24, 2.45) is 0 Å². The van der Waals surface area contributed by atoms with Gasteiger partial charge in [0.05, 0.1) is 16.3 Å². The van der Waals surface area contributed by atoms with Crippen LogP contribution in [0.4, 0.5) is 0 Å². The highest BCUT2D eigenvalue weighted by molar-refractivity contribution is 7.99. The average molecular weight is 580 g/mol. The van der Waals surface area contributed by atoms with Gasteiger partial charge in [-0.3, -0.25) is 14.2 Å². The molecular formula is C29H33N5O4S2. The number of rotatable bonds is 13. The third-order valence-corrected chi connectivity index (χ3v) is 9.50. The van der Waals surface area contributed by atoms with E-state index in [0.717, 1.165) is 22.3 Å². The lowest BCUT2D eigenvalue weighted by Crippen LogP contribution is -2.30. The van der Waals surface area contributed by atoms with Gasteiger partial charge in [-0.1, -0.05) is 74.1 Å². The van der Waals surface area contributed by atoms with Crippen molar-refractivity contribution in [2.45, 2.75) is 43.7 Å². The smallest absolute Gasteiger partial charge is 0.243 e. The summed E-state index contributed by atoms with van der Waals surface area (Å²) >= 11 is 1.28. The molecule has 210 valence electrons. The Morgan fingerprint density at radius 2 is 1.65 bits per heavy atom. The van der Waals surface area contributed by atoms with Gasteiger partial charge in [-0.2, -0.15) is 4.31 Å². The molecule has 0 saturated heterocycles. The number of fused-ring (bicyclic) bond motifs is 1. The van der Waals surface area contributed by atoms with Crippen LogP contribution in [0.25, 0.3) is 16.5 Å². The van der Waals surface area contributed by atoms with Crippen LogP contribution in [0.3, 0.4) is 0 Å². The lowest BCUT2D eigenvalue weighted by Gasteiger charge is -2.18. The maximum absolute atomic E-state index is 13.1. The summed E-state index contributed by atoms with van der Waals surface area (Å²) in [6.07, 6.45) is 1.28. The van der Waals surface area contributed by atoms with E-state index in [2.05, 4.69) is 15.5 Å². The molecule has 0 spiro atoms. The van der Waals surface area contributed by atoms with Gasteiger partial charge in [0.15, 0.2) is 10.9 Å². The predicted octanol–water partition coefficient (Wildman–Crippen LogP) is 4.49. The molecule has 9 nitrogen and oxygen atoms in total. The number of amides is 1. The molecule has 0 fully saturated rings. The number of carbonyl (C=O) groups is 2. The highest BCUT2D eigenvalue weighted by atomic mass is 32.2. The van der Waals surface area contributed by atoms with E-state index in [1.54, 1.807) is 26.0 Å². The molecule has 11 heteroatoms. The molecule has 1 N–H and O–H groups in total. The fraction of sp³-hybridized carbons (Fsp3) is 0.310. The molecule has 40 heavy (non-hydrogen) atoms. The Morgan fingerprint density at radius 3 is 2.35 bits per heavy atom. The van der Waals surface area contributed by atoms with Gasteiger partial charge < -0.3 is 5.32 Å². The van der Waals surface area contributed by atoms with Crippen LogP contribution in [0, 0.1) is 0 Å². The summed E-state index contributed by atoms with van der Waals surface area (Å²) in [4.78, 5) is 24.5. The van der Waals surface area contributed by atoms with Crippen LogP contribution in [0.15, 0.2) is 76.8 Å². The van der Waals surface area contributed by atoms with E-state index in [9.17, 15) is 18.0 Å². The van der Waals surface area contributed by atoms with Gasteiger partial charge >= 0.3 is 0 Å². The standard InChI is InChI=1S/C29H33N5O4S2/c1-4-33(5-2)40(37,38)24-17-15-23(16-18-24)27(36)20-39-29-32-31-28(14-9-19-30-21(3)35)34(29)26-13-8-11-22-10-6-7-12-25(22)26/h6-8,10-13,15-18H,4-5,9,14,19-20H2,1-3H3,(H,30,35). The number of ketones is 1. The van der Waals surface area contributed by atoms with Crippen LogP contribution in [0.5, 0.6) is 0 Å². The zero-order chi connectivity index (χ0) is 28.7. The first-order valence-corrected chi connectivity index (χ1v) is 15.6. The van der Waals surface area contributed by atoms with E-state index >= 15 is 0 Å². The van der Waals surface area contributed by atoms with Crippen molar-refractivity contribution in [3.63, 3.8) is 0 Å². The normalized spacial score (nSPS) is 11.7. The number of thioether (sulfide) groups is 1. The Kier molecular flexibility index (Phi) is 9.72. The number of Topliss-reactive ketones (excluding diaryl/α,β-unsaturated/α-hetero) is 1. The van der Waals surface area contributed by atoms with Gasteiger partial charge in [-0.05, 0) is 30.0 Å². The van der Waals surface area contributed by atoms with Crippen LogP contribution in [0.1, 0.15) is 43.4 Å². The lowest BCUT2D eigenvalue weighted by molar-refractivity contribution is -0.118. The number of aromatic nitrogens is 3. The van der Waals surface area contributed by atoms with Crippen molar-refractivity contribution < 1.29 is 18.0 Å². The van der Waals surface area contributed by atoms with Crippen molar-refractivity contribution in [3.05, 3.63) is 78.1 Å². The van der Waals surface area contributed by atoms with Crippen molar-refractivity contribution in [2.75, 3.05) is 25.4 Å². The van der Waals surface area contributed by atoms with Crippen molar-refractivity contribution in [1.29, 1.82) is 0 Å². The van der Waals surface area contributed by atoms with E-state index < -0.39 is 10.0 Å². The molecule has 0 aliphatic carbocycles. The molecule has 0 unspecified atom stereocenters. The summed E-state index contributed by atoms with van der Waals surface area (Å²) in [6.45, 7) is 6.36. The van der Waals surface area contributed by atoms with Gasteiger partial charge in [0, 0.05) is 43.9 Å².